The zero-order valence-electron chi connectivity index (χ0n) is 13.7. The van der Waals surface area contributed by atoms with Crippen LogP contribution in [0.5, 0.6) is 11.5 Å². The summed E-state index contributed by atoms with van der Waals surface area (Å²) in [6, 6.07) is 15.8. The number of methoxy groups -OCH3 is 2. The zero-order chi connectivity index (χ0) is 16.5. The predicted molar refractivity (Wildman–Crippen MR) is 91.0 cm³/mol. The Bertz CT molecular complexity index is 626. The number of nitrogens with one attached hydrogen (secondary N) is 1. The third kappa shape index (κ3) is 5.33. The maximum Gasteiger partial charge on any atom is 0.220 e. The molecule has 0 spiro atoms. The van der Waals surface area contributed by atoms with Crippen molar-refractivity contribution in [2.45, 2.75) is 19.3 Å². The first-order valence-electron chi connectivity index (χ1n) is 7.74. The molecule has 0 bridgehead atoms. The molecule has 122 valence electrons. The molecule has 0 aliphatic carbocycles. The van der Waals surface area contributed by atoms with E-state index < -0.39 is 0 Å². The highest BCUT2D eigenvalue weighted by Gasteiger charge is 2.08. The molecule has 2 rings (SSSR count). The second-order valence-electron chi connectivity index (χ2n) is 5.26. The summed E-state index contributed by atoms with van der Waals surface area (Å²) in [7, 11) is 3.26. The molecule has 4 nitrogen and oxygen atoms in total. The second kappa shape index (κ2) is 8.83. The highest BCUT2D eigenvalue weighted by molar-refractivity contribution is 5.76. The fraction of sp³-hybridized carbons (Fsp3) is 0.316. The Labute approximate surface area is 137 Å². The molecule has 2 aromatic carbocycles. The number of ether oxygens (including phenoxy) is 2. The minimum atomic E-state index is 0.0470. The van der Waals surface area contributed by atoms with Crippen molar-refractivity contribution in [1.29, 1.82) is 0 Å². The largest absolute Gasteiger partial charge is 0.497 e. The zero-order valence-corrected chi connectivity index (χ0v) is 13.7. The molecule has 0 aliphatic rings. The van der Waals surface area contributed by atoms with Crippen LogP contribution in [0.1, 0.15) is 17.5 Å². The molecule has 2 aromatic rings. The Morgan fingerprint density at radius 1 is 1.00 bits per heavy atom. The Kier molecular flexibility index (Phi) is 6.48. The van der Waals surface area contributed by atoms with Gasteiger partial charge >= 0.3 is 0 Å². The molecule has 0 aliphatic heterocycles. The van der Waals surface area contributed by atoms with Crippen LogP contribution in [0.3, 0.4) is 0 Å². The number of carbonyl (C=O) groups excluding carboxylic acids is 1. The topological polar surface area (TPSA) is 47.6 Å². The molecule has 1 N–H and O–H groups in total. The SMILES string of the molecule is COc1ccc(OC)c(CCC(=O)NCCc2ccccc2)c1. The Balaban J connectivity index is 1.80. The van der Waals surface area contributed by atoms with Gasteiger partial charge in [0.15, 0.2) is 0 Å². The van der Waals surface area contributed by atoms with Crippen molar-refractivity contribution in [2.75, 3.05) is 20.8 Å². The van der Waals surface area contributed by atoms with Gasteiger partial charge in [0.2, 0.25) is 5.91 Å². The smallest absolute Gasteiger partial charge is 0.220 e. The van der Waals surface area contributed by atoms with Gasteiger partial charge in [-0.05, 0) is 42.2 Å². The Morgan fingerprint density at radius 3 is 2.48 bits per heavy atom. The van der Waals surface area contributed by atoms with Crippen LogP contribution in [0.2, 0.25) is 0 Å². The fourth-order valence-corrected chi connectivity index (χ4v) is 2.40. The molecular weight excluding hydrogens is 290 g/mol. The van der Waals surface area contributed by atoms with Gasteiger partial charge in [0.25, 0.3) is 0 Å². The average molecular weight is 313 g/mol. The van der Waals surface area contributed by atoms with Crippen LogP contribution in [-0.2, 0) is 17.6 Å². The van der Waals surface area contributed by atoms with E-state index in [1.54, 1.807) is 14.2 Å². The second-order valence-corrected chi connectivity index (χ2v) is 5.26. The fourth-order valence-electron chi connectivity index (χ4n) is 2.40. The van der Waals surface area contributed by atoms with Gasteiger partial charge in [0.05, 0.1) is 14.2 Å². The summed E-state index contributed by atoms with van der Waals surface area (Å²) in [5, 5.41) is 2.96. The number of carbonyl (C=O) groups is 1. The number of hydrogen-bond donors (Lipinski definition) is 1. The maximum atomic E-state index is 12.0. The van der Waals surface area contributed by atoms with E-state index in [4.69, 9.17) is 9.47 Å². The first kappa shape index (κ1) is 16.9. The van der Waals surface area contributed by atoms with Crippen LogP contribution in [0.4, 0.5) is 0 Å². The number of aryl methyl sites for hydroxylation is 1. The molecule has 4 heteroatoms. The van der Waals surface area contributed by atoms with Crippen LogP contribution in [-0.4, -0.2) is 26.7 Å². The molecule has 0 saturated heterocycles. The van der Waals surface area contributed by atoms with E-state index in [-0.39, 0.29) is 5.91 Å². The van der Waals surface area contributed by atoms with Crippen molar-refractivity contribution in [3.05, 3.63) is 59.7 Å². The van der Waals surface area contributed by atoms with Gasteiger partial charge in [-0.25, -0.2) is 0 Å². The van der Waals surface area contributed by atoms with Crippen LogP contribution in [0, 0.1) is 0 Å². The molecule has 0 unspecified atom stereocenters. The summed E-state index contributed by atoms with van der Waals surface area (Å²) in [6.45, 7) is 0.651. The molecule has 0 heterocycles. The molecule has 23 heavy (non-hydrogen) atoms. The lowest BCUT2D eigenvalue weighted by atomic mass is 10.1. The van der Waals surface area contributed by atoms with Crippen molar-refractivity contribution >= 4 is 5.91 Å². The average Bonchev–Trinajstić information content (AvgIpc) is 2.60. The summed E-state index contributed by atoms with van der Waals surface area (Å²) in [4.78, 5) is 12.0. The summed E-state index contributed by atoms with van der Waals surface area (Å²) in [5.41, 5.74) is 2.20. The number of benzene rings is 2. The lowest BCUT2D eigenvalue weighted by molar-refractivity contribution is -0.121. The van der Waals surface area contributed by atoms with Crippen molar-refractivity contribution in [3.8, 4) is 11.5 Å². The molecule has 0 atom stereocenters. The summed E-state index contributed by atoms with van der Waals surface area (Å²) < 4.78 is 10.5. The van der Waals surface area contributed by atoms with E-state index in [0.717, 1.165) is 23.5 Å². The van der Waals surface area contributed by atoms with Gasteiger partial charge in [-0.1, -0.05) is 30.3 Å². The molecule has 0 saturated carbocycles. The van der Waals surface area contributed by atoms with Gasteiger partial charge in [-0.15, -0.1) is 0 Å². The van der Waals surface area contributed by atoms with Crippen LogP contribution >= 0.6 is 0 Å². The van der Waals surface area contributed by atoms with Gasteiger partial charge in [0, 0.05) is 13.0 Å². The quantitative estimate of drug-likeness (QED) is 0.815. The van der Waals surface area contributed by atoms with Gasteiger partial charge < -0.3 is 14.8 Å². The Hall–Kier alpha value is -2.49. The van der Waals surface area contributed by atoms with Crippen molar-refractivity contribution in [1.82, 2.24) is 5.32 Å². The van der Waals surface area contributed by atoms with E-state index in [1.165, 1.54) is 5.56 Å². The van der Waals surface area contributed by atoms with E-state index >= 15 is 0 Å². The highest BCUT2D eigenvalue weighted by atomic mass is 16.5. The van der Waals surface area contributed by atoms with Gasteiger partial charge in [-0.3, -0.25) is 4.79 Å². The van der Waals surface area contributed by atoms with E-state index in [1.807, 2.05) is 36.4 Å². The lowest BCUT2D eigenvalue weighted by Gasteiger charge is -2.10. The monoisotopic (exact) mass is 313 g/mol. The van der Waals surface area contributed by atoms with Crippen LogP contribution < -0.4 is 14.8 Å². The van der Waals surface area contributed by atoms with Gasteiger partial charge in [0.1, 0.15) is 11.5 Å². The van der Waals surface area contributed by atoms with Crippen LogP contribution in [0.25, 0.3) is 0 Å². The molecule has 0 fully saturated rings. The van der Waals surface area contributed by atoms with E-state index in [9.17, 15) is 4.79 Å². The molecule has 0 aromatic heterocycles. The number of hydrogen-bond acceptors (Lipinski definition) is 3. The first-order valence-corrected chi connectivity index (χ1v) is 7.74. The van der Waals surface area contributed by atoms with E-state index in [0.29, 0.717) is 19.4 Å². The normalized spacial score (nSPS) is 10.2. The maximum absolute atomic E-state index is 12.0. The first-order chi connectivity index (χ1) is 11.2. The van der Waals surface area contributed by atoms with E-state index in [2.05, 4.69) is 17.4 Å². The van der Waals surface area contributed by atoms with Crippen molar-refractivity contribution in [2.24, 2.45) is 0 Å². The van der Waals surface area contributed by atoms with Crippen molar-refractivity contribution in [3.63, 3.8) is 0 Å². The Morgan fingerprint density at radius 2 is 1.78 bits per heavy atom. The minimum Gasteiger partial charge on any atom is -0.497 e. The van der Waals surface area contributed by atoms with Crippen LogP contribution in [0.15, 0.2) is 48.5 Å². The summed E-state index contributed by atoms with van der Waals surface area (Å²) >= 11 is 0. The third-order valence-electron chi connectivity index (χ3n) is 3.69. The highest BCUT2D eigenvalue weighted by Crippen LogP contribution is 2.25. The van der Waals surface area contributed by atoms with Gasteiger partial charge in [-0.2, -0.15) is 0 Å². The molecule has 1 amide bonds. The number of amides is 1. The molecule has 0 radical (unpaired) electrons. The molecular formula is C19H23NO3. The van der Waals surface area contributed by atoms with Crippen molar-refractivity contribution < 1.29 is 14.3 Å². The predicted octanol–water partition coefficient (Wildman–Crippen LogP) is 3.00. The third-order valence-corrected chi connectivity index (χ3v) is 3.69. The summed E-state index contributed by atoms with van der Waals surface area (Å²) in [6.07, 6.45) is 1.89. The lowest BCUT2D eigenvalue weighted by Crippen LogP contribution is -2.25. The standard InChI is InChI=1S/C19H23NO3/c1-22-17-9-10-18(23-2)16(14-17)8-11-19(21)20-13-12-15-6-4-3-5-7-15/h3-7,9-10,14H,8,11-13H2,1-2H3,(H,20,21). The summed E-state index contributed by atoms with van der Waals surface area (Å²) in [5.74, 6) is 1.60. The number of rotatable bonds is 8. The minimum absolute atomic E-state index is 0.0470.